The summed E-state index contributed by atoms with van der Waals surface area (Å²) >= 11 is 5.62. The monoisotopic (exact) mass is 203 g/mol. The van der Waals surface area contributed by atoms with E-state index in [4.69, 9.17) is 26.8 Å². The maximum absolute atomic E-state index is 5.62. The molecule has 0 unspecified atom stereocenters. The quantitative estimate of drug-likeness (QED) is 0.577. The maximum atomic E-state index is 5.62. The van der Waals surface area contributed by atoms with Gasteiger partial charge in [-0.15, -0.1) is 0 Å². The summed E-state index contributed by atoms with van der Waals surface area (Å²) in [5, 5.41) is 0.264. The Morgan fingerprint density at radius 1 is 1.46 bits per heavy atom. The zero-order chi connectivity index (χ0) is 9.68. The Kier molecular flexibility index (Phi) is 3.72. The summed E-state index contributed by atoms with van der Waals surface area (Å²) < 4.78 is 9.96. The lowest BCUT2D eigenvalue weighted by molar-refractivity contribution is 0.144. The van der Waals surface area contributed by atoms with Gasteiger partial charge in [0.2, 0.25) is 11.8 Å². The highest BCUT2D eigenvalue weighted by Gasteiger charge is 2.00. The molecule has 1 heterocycles. The van der Waals surface area contributed by atoms with E-state index in [0.29, 0.717) is 19.1 Å². The molecule has 0 saturated heterocycles. The predicted molar refractivity (Wildman–Crippen MR) is 48.8 cm³/mol. The average Bonchev–Trinajstić information content (AvgIpc) is 2.03. The zero-order valence-electron chi connectivity index (χ0n) is 7.16. The number of hydrogen-bond donors (Lipinski definition) is 1. The van der Waals surface area contributed by atoms with E-state index in [-0.39, 0.29) is 11.1 Å². The molecule has 1 aromatic rings. The van der Waals surface area contributed by atoms with Gasteiger partial charge in [0.15, 0.2) is 0 Å². The number of halogens is 1. The molecule has 72 valence electrons. The van der Waals surface area contributed by atoms with E-state index in [1.807, 2.05) is 0 Å². The van der Waals surface area contributed by atoms with Crippen LogP contribution in [0.25, 0.3) is 0 Å². The SMILES string of the molecule is COCCOc1cc(Cl)nc(N)n1. The van der Waals surface area contributed by atoms with Crippen LogP contribution in [0.4, 0.5) is 5.95 Å². The van der Waals surface area contributed by atoms with Crippen molar-refractivity contribution in [2.75, 3.05) is 26.1 Å². The van der Waals surface area contributed by atoms with E-state index in [9.17, 15) is 0 Å². The molecule has 0 aliphatic carbocycles. The Morgan fingerprint density at radius 3 is 2.85 bits per heavy atom. The lowest BCUT2D eigenvalue weighted by Gasteiger charge is -2.04. The number of aromatic nitrogens is 2. The highest BCUT2D eigenvalue weighted by atomic mass is 35.5. The number of nitrogens with two attached hydrogens (primary N) is 1. The van der Waals surface area contributed by atoms with E-state index in [1.165, 1.54) is 6.07 Å². The number of nitrogen functional groups attached to an aromatic ring is 1. The summed E-state index contributed by atoms with van der Waals surface area (Å²) in [7, 11) is 1.59. The summed E-state index contributed by atoms with van der Waals surface area (Å²) in [6.07, 6.45) is 0. The molecule has 0 aromatic carbocycles. The van der Waals surface area contributed by atoms with Gasteiger partial charge in [-0.05, 0) is 0 Å². The molecule has 13 heavy (non-hydrogen) atoms. The van der Waals surface area contributed by atoms with Crippen molar-refractivity contribution in [3.8, 4) is 5.88 Å². The van der Waals surface area contributed by atoms with Crippen LogP contribution >= 0.6 is 11.6 Å². The Hall–Kier alpha value is -1.07. The third kappa shape index (κ3) is 3.43. The van der Waals surface area contributed by atoms with E-state index in [1.54, 1.807) is 7.11 Å². The van der Waals surface area contributed by atoms with Crippen LogP contribution in [0.2, 0.25) is 5.15 Å². The fourth-order valence-corrected chi connectivity index (χ4v) is 0.897. The van der Waals surface area contributed by atoms with Crippen LogP contribution in [-0.4, -0.2) is 30.3 Å². The van der Waals surface area contributed by atoms with Gasteiger partial charge in [-0.1, -0.05) is 11.6 Å². The summed E-state index contributed by atoms with van der Waals surface area (Å²) in [5.74, 6) is 0.453. The summed E-state index contributed by atoms with van der Waals surface area (Å²) in [4.78, 5) is 7.49. The van der Waals surface area contributed by atoms with E-state index in [0.717, 1.165) is 0 Å². The van der Waals surface area contributed by atoms with Crippen LogP contribution in [0.3, 0.4) is 0 Å². The van der Waals surface area contributed by atoms with Crippen LogP contribution in [0.1, 0.15) is 0 Å². The number of anilines is 1. The van der Waals surface area contributed by atoms with E-state index in [2.05, 4.69) is 9.97 Å². The second kappa shape index (κ2) is 4.84. The highest BCUT2D eigenvalue weighted by Crippen LogP contribution is 2.14. The van der Waals surface area contributed by atoms with Gasteiger partial charge in [-0.3, -0.25) is 0 Å². The number of hydrogen-bond acceptors (Lipinski definition) is 5. The normalized spacial score (nSPS) is 10.0. The lowest BCUT2D eigenvalue weighted by Crippen LogP contribution is -2.06. The van der Waals surface area contributed by atoms with E-state index < -0.39 is 0 Å². The first-order valence-electron chi connectivity index (χ1n) is 3.64. The smallest absolute Gasteiger partial charge is 0.224 e. The second-order valence-corrected chi connectivity index (χ2v) is 2.62. The lowest BCUT2D eigenvalue weighted by atomic mass is 10.6. The largest absolute Gasteiger partial charge is 0.475 e. The molecule has 0 bridgehead atoms. The van der Waals surface area contributed by atoms with Crippen molar-refractivity contribution in [3.05, 3.63) is 11.2 Å². The average molecular weight is 204 g/mol. The van der Waals surface area contributed by atoms with Gasteiger partial charge in [0.25, 0.3) is 0 Å². The third-order valence-electron chi connectivity index (χ3n) is 1.23. The molecular weight excluding hydrogens is 194 g/mol. The Balaban J connectivity index is 2.56. The van der Waals surface area contributed by atoms with Gasteiger partial charge >= 0.3 is 0 Å². The third-order valence-corrected chi connectivity index (χ3v) is 1.42. The number of nitrogens with zero attached hydrogens (tertiary/aromatic N) is 2. The molecule has 0 amide bonds. The van der Waals surface area contributed by atoms with Crippen molar-refractivity contribution in [3.63, 3.8) is 0 Å². The Labute approximate surface area is 80.8 Å². The highest BCUT2D eigenvalue weighted by molar-refractivity contribution is 6.29. The van der Waals surface area contributed by atoms with Crippen molar-refractivity contribution in [2.45, 2.75) is 0 Å². The molecular formula is C7H10ClN3O2. The number of rotatable bonds is 4. The first-order valence-corrected chi connectivity index (χ1v) is 4.02. The molecule has 0 saturated carbocycles. The summed E-state index contributed by atoms with van der Waals surface area (Å²) in [6.45, 7) is 0.894. The molecule has 2 N–H and O–H groups in total. The topological polar surface area (TPSA) is 70.3 Å². The molecule has 0 aliphatic heterocycles. The minimum absolute atomic E-state index is 0.0971. The summed E-state index contributed by atoms with van der Waals surface area (Å²) in [6, 6.07) is 1.49. The molecule has 1 rings (SSSR count). The van der Waals surface area contributed by atoms with Gasteiger partial charge in [0.05, 0.1) is 6.61 Å². The zero-order valence-corrected chi connectivity index (χ0v) is 7.91. The van der Waals surface area contributed by atoms with Crippen molar-refractivity contribution in [1.29, 1.82) is 0 Å². The van der Waals surface area contributed by atoms with Crippen LogP contribution < -0.4 is 10.5 Å². The van der Waals surface area contributed by atoms with Crippen molar-refractivity contribution in [1.82, 2.24) is 9.97 Å². The minimum Gasteiger partial charge on any atom is -0.475 e. The van der Waals surface area contributed by atoms with Gasteiger partial charge < -0.3 is 15.2 Å². The van der Waals surface area contributed by atoms with Crippen molar-refractivity contribution < 1.29 is 9.47 Å². The number of ether oxygens (including phenoxy) is 2. The molecule has 0 fully saturated rings. The summed E-state index contributed by atoms with van der Waals surface area (Å²) in [5.41, 5.74) is 5.35. The van der Waals surface area contributed by atoms with E-state index >= 15 is 0 Å². The van der Waals surface area contributed by atoms with Crippen LogP contribution in [0, 0.1) is 0 Å². The second-order valence-electron chi connectivity index (χ2n) is 2.23. The first kappa shape index (κ1) is 10.0. The fraction of sp³-hybridized carbons (Fsp3) is 0.429. The van der Waals surface area contributed by atoms with Crippen molar-refractivity contribution >= 4 is 17.5 Å². The predicted octanol–water partition coefficient (Wildman–Crippen LogP) is 0.737. The molecule has 5 nitrogen and oxygen atoms in total. The van der Waals surface area contributed by atoms with Crippen molar-refractivity contribution in [2.24, 2.45) is 0 Å². The number of methoxy groups -OCH3 is 1. The molecule has 0 radical (unpaired) electrons. The van der Waals surface area contributed by atoms with Gasteiger partial charge in [-0.25, -0.2) is 4.98 Å². The van der Waals surface area contributed by atoms with Gasteiger partial charge in [-0.2, -0.15) is 4.98 Å². The van der Waals surface area contributed by atoms with Crippen LogP contribution in [0.15, 0.2) is 6.07 Å². The molecule has 0 atom stereocenters. The molecule has 0 aliphatic rings. The van der Waals surface area contributed by atoms with Crippen LogP contribution in [-0.2, 0) is 4.74 Å². The van der Waals surface area contributed by atoms with Crippen LogP contribution in [0.5, 0.6) is 5.88 Å². The Morgan fingerprint density at radius 2 is 2.23 bits per heavy atom. The van der Waals surface area contributed by atoms with Gasteiger partial charge in [0, 0.05) is 13.2 Å². The molecule has 6 heteroatoms. The van der Waals surface area contributed by atoms with Gasteiger partial charge in [0.1, 0.15) is 11.8 Å². The minimum atomic E-state index is 0.0971. The fourth-order valence-electron chi connectivity index (χ4n) is 0.717. The maximum Gasteiger partial charge on any atom is 0.224 e. The molecule has 1 aromatic heterocycles. The first-order chi connectivity index (χ1) is 6.22. The molecule has 0 spiro atoms. The Bertz CT molecular complexity index is 262. The standard InChI is InChI=1S/C7H10ClN3O2/c1-12-2-3-13-6-4-5(8)10-7(9)11-6/h4H,2-3H2,1H3,(H2,9,10,11).